The summed E-state index contributed by atoms with van der Waals surface area (Å²) in [6.07, 6.45) is 2.60. The molecule has 0 bridgehead atoms. The molecule has 1 atom stereocenters. The number of carbonyl (C=O) groups excluding carboxylic acids is 4. The Hall–Kier alpha value is -3.00. The first kappa shape index (κ1) is 21.2. The van der Waals surface area contributed by atoms with Gasteiger partial charge in [-0.15, -0.1) is 11.3 Å². The summed E-state index contributed by atoms with van der Waals surface area (Å²) in [4.78, 5) is 52.4. The first-order chi connectivity index (χ1) is 14.9. The molecule has 0 radical (unpaired) electrons. The molecule has 2 heterocycles. The Labute approximate surface area is 184 Å². The lowest BCUT2D eigenvalue weighted by Gasteiger charge is -2.18. The van der Waals surface area contributed by atoms with Gasteiger partial charge in [-0.2, -0.15) is 0 Å². The van der Waals surface area contributed by atoms with Gasteiger partial charge in [0.25, 0.3) is 11.8 Å². The summed E-state index contributed by atoms with van der Waals surface area (Å²) < 4.78 is 5.23. The number of rotatable bonds is 6. The molecule has 2 aliphatic rings. The van der Waals surface area contributed by atoms with Crippen LogP contribution in [0.25, 0.3) is 0 Å². The molecule has 162 valence electrons. The minimum atomic E-state index is -0.426. The molecular formula is C23H24N2O5S. The Morgan fingerprint density at radius 1 is 1.19 bits per heavy atom. The predicted octanol–water partition coefficient (Wildman–Crippen LogP) is 3.67. The Balaban J connectivity index is 1.47. The third kappa shape index (κ3) is 3.99. The van der Waals surface area contributed by atoms with Gasteiger partial charge in [0.05, 0.1) is 23.3 Å². The summed E-state index contributed by atoms with van der Waals surface area (Å²) in [5, 5.41) is 3.32. The molecule has 8 heteroatoms. The van der Waals surface area contributed by atoms with E-state index in [9.17, 15) is 19.2 Å². The highest BCUT2D eigenvalue weighted by atomic mass is 32.1. The summed E-state index contributed by atoms with van der Waals surface area (Å²) in [6, 6.07) is 6.63. The molecule has 1 aliphatic carbocycles. The fraction of sp³-hybridized carbons (Fsp3) is 0.391. The molecule has 1 aromatic carbocycles. The van der Waals surface area contributed by atoms with Crippen molar-refractivity contribution in [2.24, 2.45) is 5.92 Å². The van der Waals surface area contributed by atoms with Gasteiger partial charge in [0.15, 0.2) is 0 Å². The van der Waals surface area contributed by atoms with E-state index < -0.39 is 5.97 Å². The molecule has 0 fully saturated rings. The third-order valence-corrected chi connectivity index (χ3v) is 6.85. The molecular weight excluding hydrogens is 416 g/mol. The summed E-state index contributed by atoms with van der Waals surface area (Å²) >= 11 is 1.42. The Kier molecular flexibility index (Phi) is 5.91. The minimum Gasteiger partial charge on any atom is -0.462 e. The van der Waals surface area contributed by atoms with Gasteiger partial charge in [0, 0.05) is 17.8 Å². The highest BCUT2D eigenvalue weighted by Crippen LogP contribution is 2.40. The van der Waals surface area contributed by atoms with Gasteiger partial charge in [0.2, 0.25) is 5.91 Å². The second-order valence-electron chi connectivity index (χ2n) is 7.88. The summed E-state index contributed by atoms with van der Waals surface area (Å²) in [5.74, 6) is -1.03. The Morgan fingerprint density at radius 2 is 1.87 bits per heavy atom. The molecule has 7 nitrogen and oxygen atoms in total. The van der Waals surface area contributed by atoms with Gasteiger partial charge in [-0.25, -0.2) is 4.79 Å². The monoisotopic (exact) mass is 440 g/mol. The molecule has 1 unspecified atom stereocenters. The van der Waals surface area contributed by atoms with Crippen molar-refractivity contribution in [3.63, 3.8) is 0 Å². The number of nitrogens with one attached hydrogen (secondary N) is 1. The van der Waals surface area contributed by atoms with E-state index in [1.807, 2.05) is 0 Å². The van der Waals surface area contributed by atoms with Gasteiger partial charge < -0.3 is 10.1 Å². The Morgan fingerprint density at radius 3 is 2.52 bits per heavy atom. The maximum Gasteiger partial charge on any atom is 0.341 e. The molecule has 4 rings (SSSR count). The normalized spacial score (nSPS) is 17.4. The van der Waals surface area contributed by atoms with Crippen LogP contribution in [0.3, 0.4) is 0 Å². The molecule has 2 aromatic rings. The van der Waals surface area contributed by atoms with Gasteiger partial charge in [-0.05, 0) is 49.8 Å². The average Bonchev–Trinajstić information content (AvgIpc) is 3.21. The third-order valence-electron chi connectivity index (χ3n) is 5.68. The number of ether oxygens (including phenoxy) is 1. The number of benzene rings is 1. The predicted molar refractivity (Wildman–Crippen MR) is 117 cm³/mol. The topological polar surface area (TPSA) is 92.8 Å². The van der Waals surface area contributed by atoms with E-state index in [0.29, 0.717) is 27.6 Å². The largest absolute Gasteiger partial charge is 0.462 e. The number of thiophene rings is 1. The van der Waals surface area contributed by atoms with Crippen molar-refractivity contribution < 1.29 is 23.9 Å². The second kappa shape index (κ2) is 8.63. The molecule has 1 aliphatic heterocycles. The maximum atomic E-state index is 12.7. The number of carbonyl (C=O) groups is 4. The summed E-state index contributed by atoms with van der Waals surface area (Å²) in [5.41, 5.74) is 2.13. The lowest BCUT2D eigenvalue weighted by Crippen LogP contribution is -2.33. The van der Waals surface area contributed by atoms with Crippen LogP contribution in [0, 0.1) is 5.92 Å². The van der Waals surface area contributed by atoms with E-state index in [4.69, 9.17) is 4.74 Å². The number of anilines is 1. The molecule has 1 N–H and O–H groups in total. The van der Waals surface area contributed by atoms with Crippen LogP contribution < -0.4 is 5.32 Å². The van der Waals surface area contributed by atoms with E-state index >= 15 is 0 Å². The van der Waals surface area contributed by atoms with Gasteiger partial charge in [0.1, 0.15) is 5.00 Å². The van der Waals surface area contributed by atoms with Crippen molar-refractivity contribution in [1.29, 1.82) is 0 Å². The molecule has 0 saturated heterocycles. The van der Waals surface area contributed by atoms with Gasteiger partial charge in [-0.1, -0.05) is 19.1 Å². The van der Waals surface area contributed by atoms with Crippen LogP contribution in [0.2, 0.25) is 0 Å². The Bertz CT molecular complexity index is 1040. The first-order valence-electron chi connectivity index (χ1n) is 10.5. The molecule has 31 heavy (non-hydrogen) atoms. The zero-order valence-electron chi connectivity index (χ0n) is 17.5. The van der Waals surface area contributed by atoms with Crippen LogP contribution in [0.5, 0.6) is 0 Å². The summed E-state index contributed by atoms with van der Waals surface area (Å²) in [6.45, 7) is 4.16. The molecule has 0 saturated carbocycles. The lowest BCUT2D eigenvalue weighted by molar-refractivity contribution is -0.116. The summed E-state index contributed by atoms with van der Waals surface area (Å²) in [7, 11) is 0. The average molecular weight is 441 g/mol. The smallest absolute Gasteiger partial charge is 0.341 e. The van der Waals surface area contributed by atoms with Gasteiger partial charge >= 0.3 is 5.97 Å². The quantitative estimate of drug-likeness (QED) is 0.546. The minimum absolute atomic E-state index is 0.0188. The zero-order chi connectivity index (χ0) is 22.1. The molecule has 0 spiro atoms. The van der Waals surface area contributed by atoms with Crippen molar-refractivity contribution in [2.75, 3.05) is 18.5 Å². The fourth-order valence-electron chi connectivity index (χ4n) is 4.10. The van der Waals surface area contributed by atoms with Crippen LogP contribution in [0.1, 0.15) is 68.2 Å². The number of amides is 3. The van der Waals surface area contributed by atoms with E-state index in [1.165, 1.54) is 11.3 Å². The van der Waals surface area contributed by atoms with E-state index in [1.54, 1.807) is 31.2 Å². The number of nitrogens with zero attached hydrogens (tertiary/aromatic N) is 1. The number of fused-ring (bicyclic) bond motifs is 2. The highest BCUT2D eigenvalue weighted by Gasteiger charge is 2.35. The van der Waals surface area contributed by atoms with Crippen molar-refractivity contribution in [2.45, 2.75) is 39.5 Å². The fourth-order valence-corrected chi connectivity index (χ4v) is 5.52. The number of imide groups is 1. The van der Waals surface area contributed by atoms with E-state index in [-0.39, 0.29) is 37.3 Å². The van der Waals surface area contributed by atoms with Crippen LogP contribution in [0.15, 0.2) is 24.3 Å². The number of hydrogen-bond acceptors (Lipinski definition) is 6. The maximum absolute atomic E-state index is 12.7. The zero-order valence-corrected chi connectivity index (χ0v) is 18.3. The first-order valence-corrected chi connectivity index (χ1v) is 11.3. The van der Waals surface area contributed by atoms with Crippen LogP contribution in [-0.4, -0.2) is 41.7 Å². The SMILES string of the molecule is CCOC(=O)c1c(NC(=O)CCN2C(=O)c3ccccc3C2=O)sc2c1CCC(C)C2. The van der Waals surface area contributed by atoms with E-state index in [0.717, 1.165) is 34.6 Å². The van der Waals surface area contributed by atoms with Crippen molar-refractivity contribution in [3.8, 4) is 0 Å². The molecule has 1 aromatic heterocycles. The second-order valence-corrected chi connectivity index (χ2v) is 8.99. The molecule has 3 amide bonds. The van der Waals surface area contributed by atoms with Crippen molar-refractivity contribution >= 4 is 40.0 Å². The lowest BCUT2D eigenvalue weighted by atomic mass is 9.88. The van der Waals surface area contributed by atoms with Crippen LogP contribution >= 0.6 is 11.3 Å². The van der Waals surface area contributed by atoms with Gasteiger partial charge in [-0.3, -0.25) is 19.3 Å². The van der Waals surface area contributed by atoms with Crippen molar-refractivity contribution in [3.05, 3.63) is 51.4 Å². The standard InChI is InChI=1S/C23H24N2O5S/c1-3-30-23(29)19-16-9-8-13(2)12-17(16)31-20(19)24-18(26)10-11-25-21(27)14-6-4-5-7-15(14)22(25)28/h4-7,13H,3,8-12H2,1-2H3,(H,24,26). The number of hydrogen-bond donors (Lipinski definition) is 1. The highest BCUT2D eigenvalue weighted by molar-refractivity contribution is 7.17. The van der Waals surface area contributed by atoms with Crippen LogP contribution in [-0.2, 0) is 22.4 Å². The van der Waals surface area contributed by atoms with Crippen molar-refractivity contribution in [1.82, 2.24) is 4.90 Å². The number of esters is 1. The van der Waals surface area contributed by atoms with E-state index in [2.05, 4.69) is 12.2 Å². The van der Waals surface area contributed by atoms with Crippen LogP contribution in [0.4, 0.5) is 5.00 Å².